The maximum Gasteiger partial charge on any atom is 0.159 e. The maximum absolute atomic E-state index is 4.77. The number of hydrogen-bond donors (Lipinski definition) is 0. The quantitative estimate of drug-likeness (QED) is 0.384. The first-order valence-electron chi connectivity index (χ1n) is 8.19. The fourth-order valence-corrected chi connectivity index (χ4v) is 4.28. The van der Waals surface area contributed by atoms with Gasteiger partial charge in [-0.15, -0.1) is 11.3 Å². The van der Waals surface area contributed by atoms with Crippen LogP contribution in [0.2, 0.25) is 0 Å². The third-order valence-electron chi connectivity index (χ3n) is 4.36. The molecule has 3 heteroatoms. The highest BCUT2D eigenvalue weighted by Gasteiger charge is 2.08. The van der Waals surface area contributed by atoms with E-state index in [1.54, 1.807) is 0 Å². The Bertz CT molecular complexity index is 1190. The number of aromatic nitrogens is 2. The van der Waals surface area contributed by atoms with Gasteiger partial charge in [0.05, 0.1) is 5.69 Å². The molecule has 0 amide bonds. The molecule has 0 radical (unpaired) electrons. The number of fused-ring (bicyclic) bond motifs is 3. The van der Waals surface area contributed by atoms with Crippen molar-refractivity contribution in [2.75, 3.05) is 0 Å². The molecule has 25 heavy (non-hydrogen) atoms. The highest BCUT2D eigenvalue weighted by molar-refractivity contribution is 7.25. The van der Waals surface area contributed by atoms with Gasteiger partial charge in [0, 0.05) is 37.5 Å². The lowest BCUT2D eigenvalue weighted by Gasteiger charge is -2.04. The molecule has 0 fully saturated rings. The number of thiophene rings is 1. The standard InChI is InChI=1S/C22H14N2S/c1-2-6-15(7-3-1)22-23-13-12-19(24-22)16-10-11-18-17-8-4-5-9-20(17)25-21(18)14-16/h1-14H. The summed E-state index contributed by atoms with van der Waals surface area (Å²) >= 11 is 1.83. The van der Waals surface area contributed by atoms with E-state index in [1.807, 2.05) is 53.9 Å². The van der Waals surface area contributed by atoms with Crippen LogP contribution in [0.1, 0.15) is 0 Å². The monoisotopic (exact) mass is 338 g/mol. The summed E-state index contributed by atoms with van der Waals surface area (Å²) in [6.45, 7) is 0. The second-order valence-electron chi connectivity index (χ2n) is 5.94. The molecule has 0 aliphatic carbocycles. The van der Waals surface area contributed by atoms with Crippen molar-refractivity contribution in [3.63, 3.8) is 0 Å². The van der Waals surface area contributed by atoms with E-state index in [9.17, 15) is 0 Å². The second-order valence-corrected chi connectivity index (χ2v) is 7.02. The Kier molecular flexibility index (Phi) is 3.32. The molecule has 5 aromatic rings. The Labute approximate surface area is 149 Å². The van der Waals surface area contributed by atoms with Crippen molar-refractivity contribution in [1.29, 1.82) is 0 Å². The van der Waals surface area contributed by atoms with E-state index in [4.69, 9.17) is 4.98 Å². The van der Waals surface area contributed by atoms with E-state index < -0.39 is 0 Å². The molecule has 0 spiro atoms. The lowest BCUT2D eigenvalue weighted by atomic mass is 10.1. The molecule has 5 rings (SSSR count). The summed E-state index contributed by atoms with van der Waals surface area (Å²) in [5.41, 5.74) is 3.11. The first-order chi connectivity index (χ1) is 12.4. The summed E-state index contributed by atoms with van der Waals surface area (Å²) in [4.78, 5) is 9.19. The van der Waals surface area contributed by atoms with Crippen LogP contribution < -0.4 is 0 Å². The molecule has 0 unspecified atom stereocenters. The van der Waals surface area contributed by atoms with Crippen LogP contribution in [0.5, 0.6) is 0 Å². The van der Waals surface area contributed by atoms with Crippen LogP contribution in [-0.2, 0) is 0 Å². The average Bonchev–Trinajstić information content (AvgIpc) is 3.06. The molecular weight excluding hydrogens is 324 g/mol. The van der Waals surface area contributed by atoms with E-state index in [0.717, 1.165) is 22.6 Å². The van der Waals surface area contributed by atoms with Crippen LogP contribution in [0.25, 0.3) is 42.8 Å². The molecule has 2 nitrogen and oxygen atoms in total. The van der Waals surface area contributed by atoms with E-state index in [-0.39, 0.29) is 0 Å². The molecule has 0 N–H and O–H groups in total. The van der Waals surface area contributed by atoms with Gasteiger partial charge in [0.25, 0.3) is 0 Å². The zero-order chi connectivity index (χ0) is 16.6. The van der Waals surface area contributed by atoms with Gasteiger partial charge in [-0.25, -0.2) is 9.97 Å². The van der Waals surface area contributed by atoms with Gasteiger partial charge < -0.3 is 0 Å². The smallest absolute Gasteiger partial charge is 0.159 e. The van der Waals surface area contributed by atoms with E-state index in [1.165, 1.54) is 20.2 Å². The number of rotatable bonds is 2. The van der Waals surface area contributed by atoms with Crippen molar-refractivity contribution >= 4 is 31.5 Å². The van der Waals surface area contributed by atoms with Crippen molar-refractivity contribution in [1.82, 2.24) is 9.97 Å². The maximum atomic E-state index is 4.77. The van der Waals surface area contributed by atoms with Crippen LogP contribution in [0, 0.1) is 0 Å². The first-order valence-corrected chi connectivity index (χ1v) is 9.00. The Morgan fingerprint density at radius 2 is 1.44 bits per heavy atom. The lowest BCUT2D eigenvalue weighted by molar-refractivity contribution is 1.18. The van der Waals surface area contributed by atoms with E-state index >= 15 is 0 Å². The van der Waals surface area contributed by atoms with Gasteiger partial charge in [-0.1, -0.05) is 60.7 Å². The number of hydrogen-bond acceptors (Lipinski definition) is 3. The van der Waals surface area contributed by atoms with Gasteiger partial charge in [-0.2, -0.15) is 0 Å². The fourth-order valence-electron chi connectivity index (χ4n) is 3.13. The second kappa shape index (κ2) is 5.80. The lowest BCUT2D eigenvalue weighted by Crippen LogP contribution is -1.91. The molecule has 0 saturated heterocycles. The average molecular weight is 338 g/mol. The van der Waals surface area contributed by atoms with Crippen molar-refractivity contribution in [3.8, 4) is 22.6 Å². The molecule has 2 aromatic heterocycles. The Morgan fingerprint density at radius 1 is 0.640 bits per heavy atom. The van der Waals surface area contributed by atoms with Crippen LogP contribution in [0.4, 0.5) is 0 Å². The topological polar surface area (TPSA) is 25.8 Å². The minimum absolute atomic E-state index is 0.759. The summed E-state index contributed by atoms with van der Waals surface area (Å²) in [6.07, 6.45) is 1.83. The van der Waals surface area contributed by atoms with Crippen molar-refractivity contribution < 1.29 is 0 Å². The highest BCUT2D eigenvalue weighted by Crippen LogP contribution is 2.35. The van der Waals surface area contributed by atoms with Crippen LogP contribution in [0.3, 0.4) is 0 Å². The predicted molar refractivity (Wildman–Crippen MR) is 106 cm³/mol. The zero-order valence-electron chi connectivity index (χ0n) is 13.4. The molecule has 0 saturated carbocycles. The third kappa shape index (κ3) is 2.49. The fraction of sp³-hybridized carbons (Fsp3) is 0. The van der Waals surface area contributed by atoms with E-state index in [0.29, 0.717) is 0 Å². The largest absolute Gasteiger partial charge is 0.237 e. The first kappa shape index (κ1) is 14.3. The molecule has 3 aromatic carbocycles. The molecular formula is C22H14N2S. The zero-order valence-corrected chi connectivity index (χ0v) is 14.2. The number of nitrogens with zero attached hydrogens (tertiary/aromatic N) is 2. The Morgan fingerprint density at radius 3 is 2.36 bits per heavy atom. The summed E-state index contributed by atoms with van der Waals surface area (Å²) < 4.78 is 2.61. The molecule has 0 aliphatic rings. The summed E-state index contributed by atoms with van der Waals surface area (Å²) in [6, 6.07) is 27.2. The minimum atomic E-state index is 0.759. The van der Waals surface area contributed by atoms with Crippen molar-refractivity contribution in [2.24, 2.45) is 0 Å². The van der Waals surface area contributed by atoms with Crippen molar-refractivity contribution in [2.45, 2.75) is 0 Å². The molecule has 118 valence electrons. The Hall–Kier alpha value is -3.04. The van der Waals surface area contributed by atoms with Gasteiger partial charge >= 0.3 is 0 Å². The van der Waals surface area contributed by atoms with Gasteiger partial charge in [0.15, 0.2) is 5.82 Å². The van der Waals surface area contributed by atoms with E-state index in [2.05, 4.69) is 47.4 Å². The van der Waals surface area contributed by atoms with Gasteiger partial charge in [-0.3, -0.25) is 0 Å². The Balaban J connectivity index is 1.64. The molecule has 0 aliphatic heterocycles. The SMILES string of the molecule is c1ccc(-c2nccc(-c3ccc4c(c3)sc3ccccc34)n2)cc1. The van der Waals surface area contributed by atoms with Crippen LogP contribution in [0.15, 0.2) is 85.1 Å². The predicted octanol–water partition coefficient (Wildman–Crippen LogP) is 6.18. The molecule has 0 bridgehead atoms. The molecule has 0 atom stereocenters. The van der Waals surface area contributed by atoms with Crippen LogP contribution >= 0.6 is 11.3 Å². The third-order valence-corrected chi connectivity index (χ3v) is 5.50. The van der Waals surface area contributed by atoms with Gasteiger partial charge in [0.2, 0.25) is 0 Å². The summed E-state index contributed by atoms with van der Waals surface area (Å²) in [5.74, 6) is 0.759. The summed E-state index contributed by atoms with van der Waals surface area (Å²) in [5, 5.41) is 2.63. The van der Waals surface area contributed by atoms with Gasteiger partial charge in [-0.05, 0) is 18.2 Å². The minimum Gasteiger partial charge on any atom is -0.237 e. The summed E-state index contributed by atoms with van der Waals surface area (Å²) in [7, 11) is 0. The van der Waals surface area contributed by atoms with Crippen molar-refractivity contribution in [3.05, 3.63) is 85.1 Å². The molecule has 2 heterocycles. The number of benzene rings is 3. The highest BCUT2D eigenvalue weighted by atomic mass is 32.1. The van der Waals surface area contributed by atoms with Gasteiger partial charge in [0.1, 0.15) is 0 Å². The normalized spacial score (nSPS) is 11.2. The van der Waals surface area contributed by atoms with Crippen LogP contribution in [-0.4, -0.2) is 9.97 Å².